The molecule has 2 aromatic heterocycles. The maximum atomic E-state index is 6.88. The van der Waals surface area contributed by atoms with Crippen molar-refractivity contribution in [1.29, 1.82) is 0 Å². The SMILES string of the molecule is c1ccc(N(c2cccc(-c3cccc4c3oc3c(-c5ccc6c(c5)oc5ccccc56)cccc34)c2)c2cccc3ccccc23)cc1. The third-order valence-corrected chi connectivity index (χ3v) is 9.65. The molecule has 0 atom stereocenters. The number of furan rings is 2. The Balaban J connectivity index is 1.13. The molecule has 0 aliphatic rings. The van der Waals surface area contributed by atoms with Gasteiger partial charge in [0.1, 0.15) is 22.3 Å². The second-order valence-electron chi connectivity index (χ2n) is 12.5. The molecule has 0 aliphatic heterocycles. The number of rotatable bonds is 5. The minimum Gasteiger partial charge on any atom is -0.456 e. The molecule has 0 saturated heterocycles. The second kappa shape index (κ2) is 11.0. The zero-order valence-electron chi connectivity index (χ0n) is 26.5. The number of hydrogen-bond donors (Lipinski definition) is 0. The molecule has 3 heteroatoms. The van der Waals surface area contributed by atoms with Crippen LogP contribution in [0.25, 0.3) is 76.9 Å². The van der Waals surface area contributed by atoms with Crippen LogP contribution < -0.4 is 4.90 Å². The van der Waals surface area contributed by atoms with Gasteiger partial charge in [0.2, 0.25) is 0 Å². The van der Waals surface area contributed by atoms with E-state index in [2.05, 4.69) is 169 Å². The number of nitrogens with zero attached hydrogens (tertiary/aromatic N) is 1. The Morgan fingerprint density at radius 3 is 1.76 bits per heavy atom. The molecule has 0 N–H and O–H groups in total. The molecule has 0 spiro atoms. The lowest BCUT2D eigenvalue weighted by Crippen LogP contribution is -2.10. The predicted molar refractivity (Wildman–Crippen MR) is 204 cm³/mol. The van der Waals surface area contributed by atoms with Gasteiger partial charge in [-0.2, -0.15) is 0 Å². The van der Waals surface area contributed by atoms with Crippen LogP contribution in [-0.2, 0) is 0 Å². The normalized spacial score (nSPS) is 11.7. The van der Waals surface area contributed by atoms with E-state index in [0.717, 1.165) is 83.2 Å². The lowest BCUT2D eigenvalue weighted by molar-refractivity contribution is 0.668. The Morgan fingerprint density at radius 2 is 0.939 bits per heavy atom. The zero-order chi connectivity index (χ0) is 32.3. The minimum atomic E-state index is 0.873. The number of fused-ring (bicyclic) bond motifs is 7. The summed E-state index contributed by atoms with van der Waals surface area (Å²) in [6.07, 6.45) is 0. The van der Waals surface area contributed by atoms with Crippen LogP contribution in [0, 0.1) is 0 Å². The molecule has 8 aromatic carbocycles. The quantitative estimate of drug-likeness (QED) is 0.190. The van der Waals surface area contributed by atoms with Crippen LogP contribution in [0.1, 0.15) is 0 Å². The summed E-state index contributed by atoms with van der Waals surface area (Å²) in [4.78, 5) is 2.34. The van der Waals surface area contributed by atoms with E-state index >= 15 is 0 Å². The van der Waals surface area contributed by atoms with Crippen LogP contribution in [0.5, 0.6) is 0 Å². The third-order valence-electron chi connectivity index (χ3n) is 9.65. The van der Waals surface area contributed by atoms with Gasteiger partial charge in [0.05, 0.1) is 5.69 Å². The predicted octanol–water partition coefficient (Wildman–Crippen LogP) is 13.4. The highest BCUT2D eigenvalue weighted by molar-refractivity contribution is 6.14. The van der Waals surface area contributed by atoms with Gasteiger partial charge in [0, 0.05) is 49.4 Å². The highest BCUT2D eigenvalue weighted by atomic mass is 16.3. The van der Waals surface area contributed by atoms with Crippen LogP contribution in [0.15, 0.2) is 185 Å². The van der Waals surface area contributed by atoms with Gasteiger partial charge in [-0.15, -0.1) is 0 Å². The number of benzene rings is 8. The van der Waals surface area contributed by atoms with Crippen LogP contribution >= 0.6 is 0 Å². The molecule has 2 heterocycles. The molecule has 230 valence electrons. The van der Waals surface area contributed by atoms with Gasteiger partial charge < -0.3 is 13.7 Å². The van der Waals surface area contributed by atoms with Gasteiger partial charge >= 0.3 is 0 Å². The molecular formula is C46H29NO2. The first-order valence-corrected chi connectivity index (χ1v) is 16.6. The lowest BCUT2D eigenvalue weighted by Gasteiger charge is -2.27. The monoisotopic (exact) mass is 627 g/mol. The first kappa shape index (κ1) is 27.5. The Labute approximate surface area is 282 Å². The van der Waals surface area contributed by atoms with E-state index in [-0.39, 0.29) is 0 Å². The highest BCUT2D eigenvalue weighted by Gasteiger charge is 2.19. The molecule has 0 aliphatic carbocycles. The van der Waals surface area contributed by atoms with Crippen molar-refractivity contribution < 1.29 is 8.83 Å². The molecule has 49 heavy (non-hydrogen) atoms. The molecule has 0 bridgehead atoms. The van der Waals surface area contributed by atoms with E-state index in [4.69, 9.17) is 8.83 Å². The van der Waals surface area contributed by atoms with Crippen molar-refractivity contribution in [2.24, 2.45) is 0 Å². The summed E-state index contributed by atoms with van der Waals surface area (Å²) in [6.45, 7) is 0. The van der Waals surface area contributed by atoms with E-state index in [1.807, 2.05) is 12.1 Å². The number of para-hydroxylation sites is 4. The smallest absolute Gasteiger partial charge is 0.143 e. The summed E-state index contributed by atoms with van der Waals surface area (Å²) in [5, 5.41) is 6.84. The molecule has 0 unspecified atom stereocenters. The molecule has 0 radical (unpaired) electrons. The minimum absolute atomic E-state index is 0.873. The molecule has 10 aromatic rings. The molecular weight excluding hydrogens is 599 g/mol. The fourth-order valence-electron chi connectivity index (χ4n) is 7.39. The summed E-state index contributed by atoms with van der Waals surface area (Å²) in [7, 11) is 0. The topological polar surface area (TPSA) is 29.5 Å². The number of anilines is 3. The Morgan fingerprint density at radius 1 is 0.347 bits per heavy atom. The summed E-state index contributed by atoms with van der Waals surface area (Å²) in [5.74, 6) is 0. The van der Waals surface area contributed by atoms with E-state index in [9.17, 15) is 0 Å². The fourth-order valence-corrected chi connectivity index (χ4v) is 7.39. The summed E-state index contributed by atoms with van der Waals surface area (Å²) < 4.78 is 13.1. The standard InChI is InChI=1S/C46H29NO2/c1-2-15-33(16-3-1)47(42-24-9-13-30-12-4-5-18-35(30)42)34-17-8-14-31(28-34)36-20-10-22-40-41-23-11-21-37(46(41)49-45(36)40)32-26-27-39-38-19-6-7-25-43(38)48-44(39)29-32/h1-29H. The van der Waals surface area contributed by atoms with Crippen molar-refractivity contribution in [1.82, 2.24) is 0 Å². The van der Waals surface area contributed by atoms with Gasteiger partial charge in [-0.3, -0.25) is 0 Å². The van der Waals surface area contributed by atoms with Crippen molar-refractivity contribution in [2.45, 2.75) is 0 Å². The highest BCUT2D eigenvalue weighted by Crippen LogP contribution is 2.43. The average Bonchev–Trinajstić information content (AvgIpc) is 3.74. The zero-order valence-corrected chi connectivity index (χ0v) is 26.5. The molecule has 0 saturated carbocycles. The van der Waals surface area contributed by atoms with Crippen molar-refractivity contribution in [3.8, 4) is 22.3 Å². The van der Waals surface area contributed by atoms with Crippen LogP contribution in [0.3, 0.4) is 0 Å². The van der Waals surface area contributed by atoms with Crippen molar-refractivity contribution in [2.75, 3.05) is 4.90 Å². The maximum absolute atomic E-state index is 6.88. The van der Waals surface area contributed by atoms with Crippen molar-refractivity contribution in [3.63, 3.8) is 0 Å². The van der Waals surface area contributed by atoms with Gasteiger partial charge in [-0.05, 0) is 65.0 Å². The fraction of sp³-hybridized carbons (Fsp3) is 0. The van der Waals surface area contributed by atoms with E-state index in [1.54, 1.807) is 0 Å². The summed E-state index contributed by atoms with van der Waals surface area (Å²) in [5.41, 5.74) is 11.1. The Kier molecular flexibility index (Phi) is 6.18. The first-order chi connectivity index (χ1) is 24.3. The van der Waals surface area contributed by atoms with Crippen molar-refractivity contribution in [3.05, 3.63) is 176 Å². The van der Waals surface area contributed by atoms with Crippen LogP contribution in [0.2, 0.25) is 0 Å². The number of hydrogen-bond acceptors (Lipinski definition) is 3. The summed E-state index contributed by atoms with van der Waals surface area (Å²) in [6, 6.07) is 61.9. The van der Waals surface area contributed by atoms with Crippen LogP contribution in [0.4, 0.5) is 17.1 Å². The molecule has 0 amide bonds. The van der Waals surface area contributed by atoms with E-state index < -0.39 is 0 Å². The van der Waals surface area contributed by atoms with Gasteiger partial charge in [0.15, 0.2) is 0 Å². The van der Waals surface area contributed by atoms with Gasteiger partial charge in [0.25, 0.3) is 0 Å². The average molecular weight is 628 g/mol. The first-order valence-electron chi connectivity index (χ1n) is 16.6. The van der Waals surface area contributed by atoms with Gasteiger partial charge in [-0.1, -0.05) is 127 Å². The molecule has 10 rings (SSSR count). The van der Waals surface area contributed by atoms with Crippen molar-refractivity contribution >= 4 is 71.7 Å². The van der Waals surface area contributed by atoms with Crippen LogP contribution in [-0.4, -0.2) is 0 Å². The third kappa shape index (κ3) is 4.44. The molecule has 0 fully saturated rings. The van der Waals surface area contributed by atoms with Gasteiger partial charge in [-0.25, -0.2) is 0 Å². The van der Waals surface area contributed by atoms with E-state index in [1.165, 1.54) is 10.8 Å². The maximum Gasteiger partial charge on any atom is 0.143 e. The Hall–Kier alpha value is -6.58. The lowest BCUT2D eigenvalue weighted by atomic mass is 9.99. The van der Waals surface area contributed by atoms with E-state index in [0.29, 0.717) is 0 Å². The largest absolute Gasteiger partial charge is 0.456 e. The summed E-state index contributed by atoms with van der Waals surface area (Å²) >= 11 is 0. The molecule has 3 nitrogen and oxygen atoms in total. The second-order valence-corrected chi connectivity index (χ2v) is 12.5. The Bertz CT molecular complexity index is 2840.